The third kappa shape index (κ3) is 3.69. The van der Waals surface area contributed by atoms with Crippen LogP contribution in [0.5, 0.6) is 0 Å². The van der Waals surface area contributed by atoms with Crippen LogP contribution in [-0.2, 0) is 6.42 Å². The van der Waals surface area contributed by atoms with Gasteiger partial charge in [0.05, 0.1) is 9.75 Å². The molecule has 9 heteroatoms. The highest BCUT2D eigenvalue weighted by Crippen LogP contribution is 2.38. The molecular formula is C16H15N5S4. The van der Waals surface area contributed by atoms with Crippen molar-refractivity contribution in [3.63, 3.8) is 0 Å². The number of aromatic nitrogens is 2. The first-order valence-corrected chi connectivity index (χ1v) is 11.6. The molecule has 3 heterocycles. The molecule has 0 fully saturated rings. The van der Waals surface area contributed by atoms with Crippen molar-refractivity contribution in [1.82, 2.24) is 9.97 Å². The van der Waals surface area contributed by atoms with E-state index in [9.17, 15) is 0 Å². The summed E-state index contributed by atoms with van der Waals surface area (Å²) < 4.78 is 2.08. The van der Waals surface area contributed by atoms with Gasteiger partial charge >= 0.3 is 0 Å². The third-order valence-electron chi connectivity index (χ3n) is 3.50. The lowest BCUT2D eigenvalue weighted by atomic mass is 10.3. The van der Waals surface area contributed by atoms with E-state index in [1.807, 2.05) is 42.8 Å². The Kier molecular flexibility index (Phi) is 4.98. The number of rotatable bonds is 3. The third-order valence-corrected chi connectivity index (χ3v) is 7.57. The molecule has 0 aliphatic carbocycles. The van der Waals surface area contributed by atoms with Crippen molar-refractivity contribution in [2.24, 2.45) is 4.99 Å². The zero-order valence-corrected chi connectivity index (χ0v) is 16.8. The fraction of sp³-hybridized carbons (Fsp3) is 0.188. The van der Waals surface area contributed by atoms with Crippen LogP contribution in [0.2, 0.25) is 0 Å². The molecule has 1 aliphatic rings. The van der Waals surface area contributed by atoms with Gasteiger partial charge in [-0.1, -0.05) is 41.7 Å². The Balaban J connectivity index is 1.77. The molecule has 2 N–H and O–H groups in total. The van der Waals surface area contributed by atoms with Crippen molar-refractivity contribution in [3.05, 3.63) is 40.1 Å². The minimum absolute atomic E-state index is 0.643. The van der Waals surface area contributed by atoms with Crippen LogP contribution >= 0.6 is 46.2 Å². The molecule has 25 heavy (non-hydrogen) atoms. The topological polar surface area (TPSA) is 62.2 Å². The smallest absolute Gasteiger partial charge is 0.208 e. The van der Waals surface area contributed by atoms with Crippen LogP contribution in [0.3, 0.4) is 0 Å². The second-order valence-electron chi connectivity index (χ2n) is 5.14. The van der Waals surface area contributed by atoms with Crippen molar-refractivity contribution in [1.29, 1.82) is 0 Å². The number of anilines is 2. The summed E-state index contributed by atoms with van der Waals surface area (Å²) in [5.41, 5.74) is 0.970. The van der Waals surface area contributed by atoms with Gasteiger partial charge in [-0.25, -0.2) is 9.97 Å². The van der Waals surface area contributed by atoms with Gasteiger partial charge in [0.15, 0.2) is 14.5 Å². The fourth-order valence-electron chi connectivity index (χ4n) is 2.36. The molecule has 0 radical (unpaired) electrons. The number of thioether (sulfide) groups is 2. The minimum atomic E-state index is 0.643. The van der Waals surface area contributed by atoms with Gasteiger partial charge in [0, 0.05) is 12.1 Å². The Bertz CT molecular complexity index is 916. The van der Waals surface area contributed by atoms with Gasteiger partial charge in [-0.3, -0.25) is 0 Å². The van der Waals surface area contributed by atoms with Gasteiger partial charge in [0.1, 0.15) is 5.82 Å². The molecule has 0 bridgehead atoms. The molecular weight excluding hydrogens is 390 g/mol. The highest BCUT2D eigenvalue weighted by molar-refractivity contribution is 8.00. The van der Waals surface area contributed by atoms with Gasteiger partial charge in [-0.2, -0.15) is 4.99 Å². The molecule has 0 atom stereocenters. The lowest BCUT2D eigenvalue weighted by Gasteiger charge is -2.14. The van der Waals surface area contributed by atoms with E-state index in [4.69, 9.17) is 9.98 Å². The number of hydrogen-bond donors (Lipinski definition) is 2. The molecule has 0 saturated heterocycles. The monoisotopic (exact) mass is 405 g/mol. The Morgan fingerprint density at radius 3 is 2.48 bits per heavy atom. The lowest BCUT2D eigenvalue weighted by molar-refractivity contribution is 1.15. The second-order valence-corrected chi connectivity index (χ2v) is 9.41. The first-order valence-electron chi connectivity index (χ1n) is 7.50. The summed E-state index contributed by atoms with van der Waals surface area (Å²) in [7, 11) is 0. The number of para-hydroxylation sites is 1. The molecule has 4 rings (SSSR count). The van der Waals surface area contributed by atoms with E-state index >= 15 is 0 Å². The maximum Gasteiger partial charge on any atom is 0.208 e. The Morgan fingerprint density at radius 1 is 1.00 bits per heavy atom. The number of nitrogens with zero attached hydrogens (tertiary/aromatic N) is 3. The highest BCUT2D eigenvalue weighted by Gasteiger charge is 2.21. The van der Waals surface area contributed by atoms with E-state index in [2.05, 4.69) is 15.6 Å². The van der Waals surface area contributed by atoms with Crippen LogP contribution in [0.25, 0.3) is 0 Å². The van der Waals surface area contributed by atoms with Crippen LogP contribution < -0.4 is 10.6 Å². The molecule has 0 spiro atoms. The summed E-state index contributed by atoms with van der Waals surface area (Å²) in [6, 6.07) is 9.99. The fourth-order valence-corrected chi connectivity index (χ4v) is 5.58. The van der Waals surface area contributed by atoms with Crippen LogP contribution in [0, 0.1) is 0 Å². The highest BCUT2D eigenvalue weighted by atomic mass is 32.2. The Morgan fingerprint density at radius 2 is 1.72 bits per heavy atom. The molecule has 3 aromatic rings. The molecule has 0 saturated carbocycles. The Hall–Kier alpha value is -1.55. The van der Waals surface area contributed by atoms with Crippen LogP contribution in [-0.4, -0.2) is 28.4 Å². The first kappa shape index (κ1) is 16.9. The van der Waals surface area contributed by atoms with Crippen molar-refractivity contribution >= 4 is 69.5 Å². The largest absolute Gasteiger partial charge is 0.326 e. The Labute approximate surface area is 162 Å². The average molecular weight is 406 g/mol. The van der Waals surface area contributed by atoms with Crippen LogP contribution in [0.1, 0.15) is 9.75 Å². The molecule has 0 unspecified atom stereocenters. The molecule has 1 aliphatic heterocycles. The van der Waals surface area contributed by atoms with Gasteiger partial charge in [-0.05, 0) is 24.6 Å². The maximum atomic E-state index is 4.74. The van der Waals surface area contributed by atoms with E-state index in [1.54, 1.807) is 46.2 Å². The van der Waals surface area contributed by atoms with Gasteiger partial charge in [0.2, 0.25) is 5.96 Å². The number of nitrogens with one attached hydrogen (secondary N) is 2. The van der Waals surface area contributed by atoms with Gasteiger partial charge in [-0.15, -0.1) is 22.7 Å². The summed E-state index contributed by atoms with van der Waals surface area (Å²) in [5.74, 6) is 2.30. The quantitative estimate of drug-likeness (QED) is 0.587. The second kappa shape index (κ2) is 7.36. The molecule has 1 aromatic carbocycles. The summed E-state index contributed by atoms with van der Waals surface area (Å²) in [6.45, 7) is 0. The SMILES string of the molecule is CSc1nc2c(s1)Cc1sc(SC)nc1N/C(Nc1ccccc1)=N\2. The van der Waals surface area contributed by atoms with E-state index in [1.165, 1.54) is 9.75 Å². The lowest BCUT2D eigenvalue weighted by Crippen LogP contribution is -2.23. The van der Waals surface area contributed by atoms with Gasteiger partial charge in [0.25, 0.3) is 0 Å². The minimum Gasteiger partial charge on any atom is -0.326 e. The van der Waals surface area contributed by atoms with E-state index in [0.717, 1.165) is 32.4 Å². The number of aliphatic imine (C=N–C) groups is 1. The summed E-state index contributed by atoms with van der Waals surface area (Å²) in [5, 5.41) is 6.69. The normalized spacial score (nSPS) is 15.2. The zero-order chi connectivity index (χ0) is 17.2. The number of hydrogen-bond acceptors (Lipinski definition) is 9. The van der Waals surface area contributed by atoms with Crippen LogP contribution in [0.4, 0.5) is 17.3 Å². The summed E-state index contributed by atoms with van der Waals surface area (Å²) >= 11 is 6.75. The first-order chi connectivity index (χ1) is 12.2. The van der Waals surface area contributed by atoms with Crippen molar-refractivity contribution in [3.8, 4) is 0 Å². The van der Waals surface area contributed by atoms with E-state index in [-0.39, 0.29) is 0 Å². The molecule has 128 valence electrons. The van der Waals surface area contributed by atoms with E-state index < -0.39 is 0 Å². The maximum absolute atomic E-state index is 4.74. The van der Waals surface area contributed by atoms with Gasteiger partial charge < -0.3 is 10.6 Å². The standard InChI is InChI=1S/C16H15N5S4/c1-22-15-20-12-10(24-15)8-11-13(21-16(23-2)25-11)19-14(18-12)17-9-6-4-3-5-7-9/h3-7H,8H2,1-2H3,(H2,17,18,19). The van der Waals surface area contributed by atoms with Crippen LogP contribution in [0.15, 0.2) is 44.0 Å². The predicted molar refractivity (Wildman–Crippen MR) is 111 cm³/mol. The molecule has 5 nitrogen and oxygen atoms in total. The number of benzene rings is 1. The summed E-state index contributed by atoms with van der Waals surface area (Å²) in [4.78, 5) is 16.5. The van der Waals surface area contributed by atoms with Crippen molar-refractivity contribution < 1.29 is 0 Å². The zero-order valence-electron chi connectivity index (χ0n) is 13.6. The number of thiazole rings is 2. The number of fused-ring (bicyclic) bond motifs is 2. The van der Waals surface area contributed by atoms with Crippen molar-refractivity contribution in [2.75, 3.05) is 23.1 Å². The van der Waals surface area contributed by atoms with E-state index in [0.29, 0.717) is 5.96 Å². The van der Waals surface area contributed by atoms with Crippen molar-refractivity contribution in [2.45, 2.75) is 15.1 Å². The predicted octanol–water partition coefficient (Wildman–Crippen LogP) is 5.16. The summed E-state index contributed by atoms with van der Waals surface area (Å²) in [6.07, 6.45) is 4.91. The molecule has 2 aromatic heterocycles. The molecule has 0 amide bonds. The average Bonchev–Trinajstić information content (AvgIpc) is 3.18. The number of guanidine groups is 1.